The van der Waals surface area contributed by atoms with Gasteiger partial charge in [0.15, 0.2) is 5.75 Å². The molecule has 10 nitrogen and oxygen atoms in total. The number of nitrogens with two attached hydrogens (primary N) is 1. The van der Waals surface area contributed by atoms with Crippen LogP contribution in [0.5, 0.6) is 17.5 Å². The highest BCUT2D eigenvalue weighted by Gasteiger charge is 2.27. The van der Waals surface area contributed by atoms with Gasteiger partial charge in [0.05, 0.1) is 11.3 Å². The first kappa shape index (κ1) is 24.6. The number of carbonyl (C=O) groups is 3. The van der Waals surface area contributed by atoms with Gasteiger partial charge in [0, 0.05) is 16.3 Å². The number of aromatic hydroxyl groups is 2. The number of nitrogens with zero attached hydrogens (tertiary/aromatic N) is 1. The normalized spacial score (nSPS) is 11.3. The van der Waals surface area contributed by atoms with Crippen molar-refractivity contribution < 1.29 is 29.3 Å². The van der Waals surface area contributed by atoms with Crippen LogP contribution in [0.1, 0.15) is 36.0 Å². The lowest BCUT2D eigenvalue weighted by atomic mass is 9.94. The first-order chi connectivity index (χ1) is 17.0. The van der Waals surface area contributed by atoms with E-state index in [1.54, 1.807) is 12.1 Å². The van der Waals surface area contributed by atoms with E-state index in [0.717, 1.165) is 21.7 Å². The van der Waals surface area contributed by atoms with Gasteiger partial charge in [0.2, 0.25) is 11.8 Å². The van der Waals surface area contributed by atoms with E-state index in [9.17, 15) is 24.6 Å². The molecule has 0 bridgehead atoms. The van der Waals surface area contributed by atoms with Crippen molar-refractivity contribution in [1.29, 1.82) is 0 Å². The zero-order valence-electron chi connectivity index (χ0n) is 19.7. The van der Waals surface area contributed by atoms with Crippen molar-refractivity contribution in [1.82, 2.24) is 4.57 Å². The van der Waals surface area contributed by atoms with Gasteiger partial charge < -0.3 is 26.0 Å². The van der Waals surface area contributed by atoms with Crippen LogP contribution < -0.4 is 21.1 Å². The third-order valence-electron chi connectivity index (χ3n) is 5.30. The number of amides is 3. The molecule has 0 radical (unpaired) electrons. The SMILES string of the molecule is CC(C)(C)c1cc(C(=O)Oc2cc(O)n(C(N)=O)c2O)c(NC(=O)Nc2cccc3ccccc23)s1. The highest BCUT2D eigenvalue weighted by molar-refractivity contribution is 7.16. The van der Waals surface area contributed by atoms with Crippen molar-refractivity contribution in [2.24, 2.45) is 5.73 Å². The number of ether oxygens (including phenoxy) is 1. The number of nitrogens with one attached hydrogen (secondary N) is 2. The second-order valence-corrected chi connectivity index (χ2v) is 10.0. The number of thiophene rings is 1. The number of hydrogen-bond acceptors (Lipinski definition) is 7. The molecule has 0 fully saturated rings. The molecule has 0 saturated carbocycles. The molecule has 0 aliphatic rings. The molecule has 6 N–H and O–H groups in total. The highest BCUT2D eigenvalue weighted by Crippen LogP contribution is 2.39. The van der Waals surface area contributed by atoms with Crippen molar-refractivity contribution in [3.8, 4) is 17.5 Å². The molecule has 0 atom stereocenters. The number of carbonyl (C=O) groups excluding carboxylic acids is 3. The quantitative estimate of drug-likeness (QED) is 0.239. The van der Waals surface area contributed by atoms with Crippen LogP contribution in [-0.2, 0) is 5.41 Å². The Kier molecular flexibility index (Phi) is 6.34. The van der Waals surface area contributed by atoms with Gasteiger partial charge >= 0.3 is 18.0 Å². The zero-order valence-corrected chi connectivity index (χ0v) is 20.5. The fourth-order valence-electron chi connectivity index (χ4n) is 3.51. The number of primary amides is 1. The molecule has 2 heterocycles. The maximum absolute atomic E-state index is 13.0. The minimum absolute atomic E-state index is 0.0312. The van der Waals surface area contributed by atoms with Crippen LogP contribution >= 0.6 is 11.3 Å². The van der Waals surface area contributed by atoms with Crippen LogP contribution in [0.2, 0.25) is 0 Å². The van der Waals surface area contributed by atoms with Crippen molar-refractivity contribution in [2.45, 2.75) is 26.2 Å². The lowest BCUT2D eigenvalue weighted by Crippen LogP contribution is -2.21. The van der Waals surface area contributed by atoms with Gasteiger partial charge in [0.25, 0.3) is 0 Å². The molecule has 0 aliphatic carbocycles. The van der Waals surface area contributed by atoms with E-state index in [2.05, 4.69) is 10.6 Å². The molecule has 4 rings (SSSR count). The third-order valence-corrected chi connectivity index (χ3v) is 6.78. The summed E-state index contributed by atoms with van der Waals surface area (Å²) in [5.41, 5.74) is 5.39. The summed E-state index contributed by atoms with van der Waals surface area (Å²) in [4.78, 5) is 38.1. The molecular formula is C25H24N4O6S. The Labute approximate surface area is 209 Å². The van der Waals surface area contributed by atoms with Crippen LogP contribution in [0.4, 0.5) is 20.3 Å². The lowest BCUT2D eigenvalue weighted by molar-refractivity contribution is 0.0730. The Bertz CT molecular complexity index is 1490. The van der Waals surface area contributed by atoms with Gasteiger partial charge in [-0.05, 0) is 22.9 Å². The zero-order chi connectivity index (χ0) is 26.2. The molecule has 2 aromatic carbocycles. The number of aromatic nitrogens is 1. The van der Waals surface area contributed by atoms with Crippen molar-refractivity contribution in [3.63, 3.8) is 0 Å². The van der Waals surface area contributed by atoms with E-state index in [1.807, 2.05) is 57.2 Å². The van der Waals surface area contributed by atoms with Crippen LogP contribution in [-0.4, -0.2) is 32.8 Å². The topological polar surface area (TPSA) is 156 Å². The minimum Gasteiger partial charge on any atom is -0.494 e. The molecule has 0 unspecified atom stereocenters. The summed E-state index contributed by atoms with van der Waals surface area (Å²) in [6.45, 7) is 5.85. The molecular weight excluding hydrogens is 484 g/mol. The maximum Gasteiger partial charge on any atom is 0.346 e. The predicted octanol–water partition coefficient (Wildman–Crippen LogP) is 5.20. The second kappa shape index (κ2) is 9.27. The van der Waals surface area contributed by atoms with Crippen LogP contribution in [0.15, 0.2) is 54.6 Å². The molecule has 0 saturated heterocycles. The van der Waals surface area contributed by atoms with E-state index in [-0.39, 0.29) is 16.0 Å². The lowest BCUT2D eigenvalue weighted by Gasteiger charge is -2.15. The van der Waals surface area contributed by atoms with Gasteiger partial charge in [-0.15, -0.1) is 11.3 Å². The molecule has 3 amide bonds. The van der Waals surface area contributed by atoms with Gasteiger partial charge in [0.1, 0.15) is 5.00 Å². The van der Waals surface area contributed by atoms with Crippen LogP contribution in [0.3, 0.4) is 0 Å². The largest absolute Gasteiger partial charge is 0.494 e. The van der Waals surface area contributed by atoms with E-state index in [4.69, 9.17) is 10.5 Å². The Morgan fingerprint density at radius 3 is 2.36 bits per heavy atom. The summed E-state index contributed by atoms with van der Waals surface area (Å²) in [6.07, 6.45) is 0. The van der Waals surface area contributed by atoms with Crippen molar-refractivity contribution >= 4 is 50.8 Å². The van der Waals surface area contributed by atoms with Crippen molar-refractivity contribution in [2.75, 3.05) is 10.6 Å². The fraction of sp³-hybridized carbons (Fsp3) is 0.160. The monoisotopic (exact) mass is 508 g/mol. The Balaban J connectivity index is 1.62. The molecule has 36 heavy (non-hydrogen) atoms. The highest BCUT2D eigenvalue weighted by atomic mass is 32.1. The van der Waals surface area contributed by atoms with Gasteiger partial charge in [-0.3, -0.25) is 5.32 Å². The Morgan fingerprint density at radius 2 is 1.69 bits per heavy atom. The maximum atomic E-state index is 13.0. The molecule has 4 aromatic rings. The van der Waals surface area contributed by atoms with Crippen LogP contribution in [0.25, 0.3) is 10.8 Å². The number of urea groups is 1. The summed E-state index contributed by atoms with van der Waals surface area (Å²) in [6, 6.07) is 13.9. The van der Waals surface area contributed by atoms with E-state index < -0.39 is 35.5 Å². The average molecular weight is 509 g/mol. The van der Waals surface area contributed by atoms with E-state index >= 15 is 0 Å². The summed E-state index contributed by atoms with van der Waals surface area (Å²) in [5, 5.41) is 27.5. The predicted molar refractivity (Wildman–Crippen MR) is 137 cm³/mol. The molecule has 0 aliphatic heterocycles. The van der Waals surface area contributed by atoms with Gasteiger partial charge in [-0.25, -0.2) is 14.4 Å². The summed E-state index contributed by atoms with van der Waals surface area (Å²) >= 11 is 1.20. The molecule has 186 valence electrons. The minimum atomic E-state index is -1.16. The first-order valence-corrected chi connectivity index (χ1v) is 11.6. The second-order valence-electron chi connectivity index (χ2n) is 8.96. The molecule has 11 heteroatoms. The Hall–Kier alpha value is -4.51. The van der Waals surface area contributed by atoms with Gasteiger partial charge in [-0.2, -0.15) is 4.57 Å². The number of benzene rings is 2. The Morgan fingerprint density at radius 1 is 1.00 bits per heavy atom. The molecule has 2 aromatic heterocycles. The number of anilines is 2. The van der Waals surface area contributed by atoms with Crippen LogP contribution in [0, 0.1) is 0 Å². The fourth-order valence-corrected chi connectivity index (χ4v) is 4.61. The van der Waals surface area contributed by atoms with Gasteiger partial charge in [-0.1, -0.05) is 57.2 Å². The number of rotatable bonds is 4. The molecule has 0 spiro atoms. The summed E-state index contributed by atoms with van der Waals surface area (Å²) in [7, 11) is 0. The number of hydrogen-bond donors (Lipinski definition) is 5. The van der Waals surface area contributed by atoms with E-state index in [0.29, 0.717) is 10.3 Å². The summed E-state index contributed by atoms with van der Waals surface area (Å²) in [5.74, 6) is -2.91. The number of esters is 1. The third kappa shape index (κ3) is 4.82. The first-order valence-electron chi connectivity index (χ1n) is 10.8. The van der Waals surface area contributed by atoms with E-state index in [1.165, 1.54) is 11.3 Å². The standard InChI is InChI=1S/C25H24N4O6S/c1-25(2,3)18-11-15(22(32)35-17-12-19(30)29(21(17)31)23(26)33)20(36-18)28-24(34)27-16-10-6-8-13-7-4-5-9-14(13)16/h4-12,30-31H,1-3H3,(H2,26,33)(H2,27,28,34). The summed E-state index contributed by atoms with van der Waals surface area (Å²) < 4.78 is 5.61. The average Bonchev–Trinajstić information content (AvgIpc) is 3.34. The van der Waals surface area contributed by atoms with Crippen molar-refractivity contribution in [3.05, 3.63) is 65.0 Å². The smallest absolute Gasteiger partial charge is 0.346 e. The number of fused-ring (bicyclic) bond motifs is 1.